The Kier molecular flexibility index (Phi) is 7.09. The van der Waals surface area contributed by atoms with Gasteiger partial charge in [0.1, 0.15) is 11.1 Å². The molecule has 38 heavy (non-hydrogen) atoms. The van der Waals surface area contributed by atoms with E-state index in [0.29, 0.717) is 34.8 Å². The van der Waals surface area contributed by atoms with E-state index in [1.165, 1.54) is 0 Å². The first-order valence-corrected chi connectivity index (χ1v) is 13.5. The summed E-state index contributed by atoms with van der Waals surface area (Å²) in [7, 11) is 1.68. The molecule has 0 radical (unpaired) electrons. The Labute approximate surface area is 222 Å². The number of fused-ring (bicyclic) bond motifs is 1. The molecule has 0 aliphatic carbocycles. The van der Waals surface area contributed by atoms with E-state index in [9.17, 15) is 14.7 Å². The van der Waals surface area contributed by atoms with E-state index in [0.717, 1.165) is 19.3 Å². The number of oxazole rings is 1. The number of nitrogens with one attached hydrogen (secondary N) is 2. The van der Waals surface area contributed by atoms with Crippen LogP contribution in [0.25, 0.3) is 11.1 Å². The molecule has 1 spiro atoms. The lowest BCUT2D eigenvalue weighted by Gasteiger charge is -2.53. The first-order chi connectivity index (χ1) is 18.1. The lowest BCUT2D eigenvalue weighted by molar-refractivity contribution is -0.355. The number of benzene rings is 1. The van der Waals surface area contributed by atoms with Gasteiger partial charge in [0.15, 0.2) is 23.0 Å². The van der Waals surface area contributed by atoms with Gasteiger partial charge in [0, 0.05) is 31.5 Å². The normalized spacial score (nSPS) is 30.4. The smallest absolute Gasteiger partial charge is 0.340 e. The van der Waals surface area contributed by atoms with Crippen LogP contribution in [0.15, 0.2) is 34.9 Å². The fourth-order valence-electron chi connectivity index (χ4n) is 6.27. The van der Waals surface area contributed by atoms with Crippen LogP contribution in [0, 0.1) is 23.7 Å². The van der Waals surface area contributed by atoms with Crippen molar-refractivity contribution in [2.75, 3.05) is 12.4 Å². The SMILES string of the molecule is CNc1ccc2oc(C[C@H]3O[C@]4(CC[C@@H]3C)O[C@@H]([C@@H](C)C(=O)c3ccc[nH]3)[C@@H](C)C[C@@H]4C)nc2c1C(=O)O. The van der Waals surface area contributed by atoms with Gasteiger partial charge in [0.2, 0.25) is 0 Å². The number of carbonyl (C=O) groups is 2. The van der Waals surface area contributed by atoms with Crippen LogP contribution in [0.4, 0.5) is 5.69 Å². The van der Waals surface area contributed by atoms with Crippen molar-refractivity contribution in [2.24, 2.45) is 23.7 Å². The number of hydrogen-bond donors (Lipinski definition) is 3. The fraction of sp³-hybridized carbons (Fsp3) is 0.552. The number of hydrogen-bond acceptors (Lipinski definition) is 7. The summed E-state index contributed by atoms with van der Waals surface area (Å²) in [5, 5.41) is 12.7. The average molecular weight is 524 g/mol. The van der Waals surface area contributed by atoms with E-state index < -0.39 is 11.8 Å². The van der Waals surface area contributed by atoms with Gasteiger partial charge in [-0.25, -0.2) is 9.78 Å². The summed E-state index contributed by atoms with van der Waals surface area (Å²) in [4.78, 5) is 32.7. The third-order valence-corrected chi connectivity index (χ3v) is 8.54. The summed E-state index contributed by atoms with van der Waals surface area (Å²) < 4.78 is 19.6. The van der Waals surface area contributed by atoms with Gasteiger partial charge in [-0.1, -0.05) is 27.7 Å². The summed E-state index contributed by atoms with van der Waals surface area (Å²) in [5.41, 5.74) is 1.93. The number of ketones is 1. The van der Waals surface area contributed by atoms with Crippen molar-refractivity contribution in [1.29, 1.82) is 0 Å². The Morgan fingerprint density at radius 3 is 2.68 bits per heavy atom. The molecule has 2 saturated heterocycles. The number of carboxylic acid groups (broad SMARTS) is 1. The molecule has 2 fully saturated rings. The number of Topliss-reactive ketones (excluding diaryl/α,β-unsaturated/α-hetero) is 1. The minimum atomic E-state index is -1.06. The number of aromatic nitrogens is 2. The second-order valence-corrected chi connectivity index (χ2v) is 11.1. The number of aromatic carboxylic acids is 1. The predicted molar refractivity (Wildman–Crippen MR) is 142 cm³/mol. The van der Waals surface area contributed by atoms with E-state index >= 15 is 0 Å². The van der Waals surface area contributed by atoms with Crippen LogP contribution in [-0.2, 0) is 15.9 Å². The Morgan fingerprint density at radius 1 is 1.21 bits per heavy atom. The van der Waals surface area contributed by atoms with Gasteiger partial charge in [-0.2, -0.15) is 0 Å². The van der Waals surface area contributed by atoms with Gasteiger partial charge < -0.3 is 29.3 Å². The molecule has 7 atom stereocenters. The lowest BCUT2D eigenvalue weighted by Crippen LogP contribution is -2.58. The predicted octanol–water partition coefficient (Wildman–Crippen LogP) is 5.53. The quantitative estimate of drug-likeness (QED) is 0.345. The minimum absolute atomic E-state index is 0.0407. The monoisotopic (exact) mass is 523 g/mol. The first-order valence-electron chi connectivity index (χ1n) is 13.5. The number of ether oxygens (including phenoxy) is 2. The molecule has 0 saturated carbocycles. The molecular weight excluding hydrogens is 486 g/mol. The molecule has 2 aliphatic heterocycles. The topological polar surface area (TPSA) is 127 Å². The second kappa shape index (κ2) is 10.2. The molecule has 0 unspecified atom stereocenters. The highest BCUT2D eigenvalue weighted by Gasteiger charge is 2.52. The molecule has 1 aromatic carbocycles. The van der Waals surface area contributed by atoms with Gasteiger partial charge in [0.25, 0.3) is 0 Å². The van der Waals surface area contributed by atoms with Crippen molar-refractivity contribution < 1.29 is 28.6 Å². The zero-order chi connectivity index (χ0) is 27.2. The lowest BCUT2D eigenvalue weighted by atomic mass is 9.75. The van der Waals surface area contributed by atoms with Crippen LogP contribution < -0.4 is 5.32 Å². The fourth-order valence-corrected chi connectivity index (χ4v) is 6.27. The molecule has 2 aromatic heterocycles. The van der Waals surface area contributed by atoms with Gasteiger partial charge in [-0.05, 0) is 48.9 Å². The highest BCUT2D eigenvalue weighted by atomic mass is 16.7. The molecule has 9 nitrogen and oxygen atoms in total. The zero-order valence-corrected chi connectivity index (χ0v) is 22.6. The van der Waals surface area contributed by atoms with Crippen LogP contribution in [-0.4, -0.2) is 51.9 Å². The van der Waals surface area contributed by atoms with Gasteiger partial charge in [-0.3, -0.25) is 4.79 Å². The Morgan fingerprint density at radius 2 is 2.00 bits per heavy atom. The first kappa shape index (κ1) is 26.4. The zero-order valence-electron chi connectivity index (χ0n) is 22.6. The van der Waals surface area contributed by atoms with E-state index in [-0.39, 0.29) is 47.2 Å². The summed E-state index contributed by atoms with van der Waals surface area (Å²) in [6, 6.07) is 7.05. The number of anilines is 1. The van der Waals surface area contributed by atoms with Crippen molar-refractivity contribution in [1.82, 2.24) is 9.97 Å². The van der Waals surface area contributed by atoms with Gasteiger partial charge in [-0.15, -0.1) is 0 Å². The van der Waals surface area contributed by atoms with Crippen LogP contribution in [0.1, 0.15) is 73.7 Å². The Hall–Kier alpha value is -3.17. The molecular formula is C29H37N3O6. The molecule has 5 rings (SSSR count). The number of carboxylic acids is 1. The standard InChI is InChI=1S/C29H37N3O6/c1-15-10-11-29(17(3)13-16(2)27(38-29)18(4)26(33)20-7-6-12-31-20)37-22(15)14-23-32-25-21(36-23)9-8-19(30-5)24(25)28(34)35/h6-9,12,15-18,22,27,30-31H,10-11,13-14H2,1-5H3,(H,34,35)/t15-,16-,17-,18-,22+,27+,29+/m0/s1. The molecule has 9 heteroatoms. The van der Waals surface area contributed by atoms with Crippen molar-refractivity contribution in [3.05, 3.63) is 47.6 Å². The van der Waals surface area contributed by atoms with Crippen molar-refractivity contribution in [2.45, 2.75) is 71.4 Å². The highest BCUT2D eigenvalue weighted by molar-refractivity contribution is 6.06. The van der Waals surface area contributed by atoms with E-state index in [1.807, 2.05) is 13.0 Å². The highest BCUT2D eigenvalue weighted by Crippen LogP contribution is 2.48. The minimum Gasteiger partial charge on any atom is -0.478 e. The number of carbonyl (C=O) groups excluding carboxylic acids is 1. The maximum atomic E-state index is 13.1. The number of aromatic amines is 1. The molecule has 2 aliphatic rings. The van der Waals surface area contributed by atoms with Crippen molar-refractivity contribution >= 4 is 28.5 Å². The van der Waals surface area contributed by atoms with E-state index in [2.05, 4.69) is 36.1 Å². The van der Waals surface area contributed by atoms with E-state index in [4.69, 9.17) is 13.9 Å². The van der Waals surface area contributed by atoms with E-state index in [1.54, 1.807) is 31.4 Å². The maximum Gasteiger partial charge on any atom is 0.340 e. The molecule has 3 aromatic rings. The number of H-pyrrole nitrogens is 1. The Bertz CT molecular complexity index is 1320. The largest absolute Gasteiger partial charge is 0.478 e. The van der Waals surface area contributed by atoms with Crippen molar-refractivity contribution in [3.8, 4) is 0 Å². The number of nitrogens with zero attached hydrogens (tertiary/aromatic N) is 1. The third kappa shape index (κ3) is 4.62. The molecule has 4 heterocycles. The Balaban J connectivity index is 1.39. The van der Waals surface area contributed by atoms with Gasteiger partial charge in [0.05, 0.1) is 30.0 Å². The number of rotatable bonds is 7. The molecule has 204 valence electrons. The third-order valence-electron chi connectivity index (χ3n) is 8.54. The average Bonchev–Trinajstić information content (AvgIpc) is 3.57. The summed E-state index contributed by atoms with van der Waals surface area (Å²) >= 11 is 0. The maximum absolute atomic E-state index is 13.1. The molecule has 3 N–H and O–H groups in total. The van der Waals surface area contributed by atoms with Crippen LogP contribution in [0.3, 0.4) is 0 Å². The summed E-state index contributed by atoms with van der Waals surface area (Å²) in [6.07, 6.45) is 4.22. The van der Waals surface area contributed by atoms with Crippen LogP contribution in [0.5, 0.6) is 0 Å². The second-order valence-electron chi connectivity index (χ2n) is 11.1. The summed E-state index contributed by atoms with van der Waals surface area (Å²) in [6.45, 7) is 8.39. The van der Waals surface area contributed by atoms with Crippen LogP contribution in [0.2, 0.25) is 0 Å². The molecule has 0 bridgehead atoms. The van der Waals surface area contributed by atoms with Gasteiger partial charge >= 0.3 is 5.97 Å². The molecule has 0 amide bonds. The van der Waals surface area contributed by atoms with Crippen LogP contribution >= 0.6 is 0 Å². The summed E-state index contributed by atoms with van der Waals surface area (Å²) in [5.74, 6) is -1.11. The van der Waals surface area contributed by atoms with Crippen molar-refractivity contribution in [3.63, 3.8) is 0 Å².